The fourth-order valence-corrected chi connectivity index (χ4v) is 4.01. The molecular formula is C28H29Cl2FN2O2. The summed E-state index contributed by atoms with van der Waals surface area (Å²) in [6.07, 6.45) is 0.389. The molecule has 0 saturated carbocycles. The summed E-state index contributed by atoms with van der Waals surface area (Å²) in [6, 6.07) is 19.8. The van der Waals surface area contributed by atoms with Crippen LogP contribution in [0, 0.1) is 11.7 Å². The first-order valence-corrected chi connectivity index (χ1v) is 12.3. The van der Waals surface area contributed by atoms with E-state index in [0.717, 1.165) is 11.1 Å². The van der Waals surface area contributed by atoms with E-state index in [1.165, 1.54) is 12.1 Å². The summed E-state index contributed by atoms with van der Waals surface area (Å²) in [5.74, 6) is -0.577. The van der Waals surface area contributed by atoms with Gasteiger partial charge in [-0.1, -0.05) is 85.6 Å². The van der Waals surface area contributed by atoms with Gasteiger partial charge in [-0.05, 0) is 46.9 Å². The zero-order chi connectivity index (χ0) is 25.4. The molecule has 0 aliphatic rings. The molecule has 4 nitrogen and oxygen atoms in total. The lowest BCUT2D eigenvalue weighted by Gasteiger charge is -2.32. The Hall–Kier alpha value is -2.89. The monoisotopic (exact) mass is 514 g/mol. The smallest absolute Gasteiger partial charge is 0.243 e. The van der Waals surface area contributed by atoms with Crippen LogP contribution >= 0.6 is 23.2 Å². The highest BCUT2D eigenvalue weighted by Crippen LogP contribution is 2.24. The third-order valence-corrected chi connectivity index (χ3v) is 6.30. The minimum Gasteiger partial charge on any atom is -0.354 e. The number of halogens is 3. The number of rotatable bonds is 10. The minimum absolute atomic E-state index is 0.0425. The van der Waals surface area contributed by atoms with E-state index in [-0.39, 0.29) is 36.5 Å². The molecule has 0 radical (unpaired) electrons. The quantitative estimate of drug-likeness (QED) is 0.356. The van der Waals surface area contributed by atoms with E-state index in [1.807, 2.05) is 44.2 Å². The molecule has 184 valence electrons. The molecule has 0 bridgehead atoms. The van der Waals surface area contributed by atoms with E-state index in [1.54, 1.807) is 35.2 Å². The standard InChI is InChI=1S/C28H29Cl2FN2O2/c1-19(2)17-32-28(35)26(15-20-6-4-3-5-7-20)33(18-21-8-11-23(31)12-9-21)27(34)16-22-10-13-24(29)25(30)14-22/h3-14,19,26H,15-18H2,1-2H3,(H,32,35)/t26-/m0/s1. The molecule has 0 aromatic heterocycles. The molecule has 1 atom stereocenters. The third-order valence-electron chi connectivity index (χ3n) is 5.56. The number of carbonyl (C=O) groups excluding carboxylic acids is 2. The Morgan fingerprint density at radius 1 is 0.886 bits per heavy atom. The van der Waals surface area contributed by atoms with Crippen LogP contribution in [-0.4, -0.2) is 29.3 Å². The van der Waals surface area contributed by atoms with Gasteiger partial charge in [0.05, 0.1) is 16.5 Å². The molecule has 2 amide bonds. The Labute approximate surface area is 216 Å². The van der Waals surface area contributed by atoms with E-state index < -0.39 is 6.04 Å². The Kier molecular flexibility index (Phi) is 9.70. The zero-order valence-corrected chi connectivity index (χ0v) is 21.3. The van der Waals surface area contributed by atoms with Crippen molar-refractivity contribution in [3.05, 3.63) is 105 Å². The molecule has 0 spiro atoms. The molecular weight excluding hydrogens is 486 g/mol. The molecule has 0 heterocycles. The molecule has 3 aromatic carbocycles. The Morgan fingerprint density at radius 3 is 2.17 bits per heavy atom. The van der Waals surface area contributed by atoms with Crippen molar-refractivity contribution < 1.29 is 14.0 Å². The van der Waals surface area contributed by atoms with Gasteiger partial charge in [0, 0.05) is 19.5 Å². The van der Waals surface area contributed by atoms with Crippen LogP contribution in [0.4, 0.5) is 4.39 Å². The van der Waals surface area contributed by atoms with Gasteiger partial charge in [-0.3, -0.25) is 9.59 Å². The Balaban J connectivity index is 1.95. The lowest BCUT2D eigenvalue weighted by atomic mass is 10.0. The second kappa shape index (κ2) is 12.7. The van der Waals surface area contributed by atoms with Gasteiger partial charge >= 0.3 is 0 Å². The van der Waals surface area contributed by atoms with Crippen LogP contribution in [0.3, 0.4) is 0 Å². The Bertz CT molecular complexity index is 1140. The van der Waals surface area contributed by atoms with E-state index in [4.69, 9.17) is 23.2 Å². The maximum absolute atomic E-state index is 13.7. The van der Waals surface area contributed by atoms with Gasteiger partial charge < -0.3 is 10.2 Å². The maximum Gasteiger partial charge on any atom is 0.243 e. The van der Waals surface area contributed by atoms with E-state index in [2.05, 4.69) is 5.32 Å². The predicted octanol–water partition coefficient (Wildman–Crippen LogP) is 6.09. The van der Waals surface area contributed by atoms with Crippen LogP contribution in [0.25, 0.3) is 0 Å². The van der Waals surface area contributed by atoms with Crippen LogP contribution in [0.5, 0.6) is 0 Å². The van der Waals surface area contributed by atoms with Crippen molar-refractivity contribution in [1.29, 1.82) is 0 Å². The van der Waals surface area contributed by atoms with E-state index >= 15 is 0 Å². The molecule has 0 aliphatic heterocycles. The van der Waals surface area contributed by atoms with E-state index in [9.17, 15) is 14.0 Å². The Morgan fingerprint density at radius 2 is 1.54 bits per heavy atom. The topological polar surface area (TPSA) is 49.4 Å². The first-order valence-electron chi connectivity index (χ1n) is 11.5. The summed E-state index contributed by atoms with van der Waals surface area (Å²) in [4.78, 5) is 28.6. The van der Waals surface area contributed by atoms with Gasteiger partial charge in [-0.25, -0.2) is 4.39 Å². The van der Waals surface area contributed by atoms with Crippen LogP contribution in [0.15, 0.2) is 72.8 Å². The highest BCUT2D eigenvalue weighted by molar-refractivity contribution is 6.42. The third kappa shape index (κ3) is 8.08. The summed E-state index contributed by atoms with van der Waals surface area (Å²) in [6.45, 7) is 4.68. The lowest BCUT2D eigenvalue weighted by Crippen LogP contribution is -2.51. The molecule has 3 rings (SSSR count). The van der Waals surface area contributed by atoms with Crippen molar-refractivity contribution in [2.45, 2.75) is 39.3 Å². The molecule has 3 aromatic rings. The van der Waals surface area contributed by atoms with Gasteiger partial charge in [0.1, 0.15) is 11.9 Å². The first-order chi connectivity index (χ1) is 16.7. The molecule has 1 N–H and O–H groups in total. The number of hydrogen-bond acceptors (Lipinski definition) is 2. The summed E-state index contributed by atoms with van der Waals surface area (Å²) in [5, 5.41) is 3.74. The van der Waals surface area contributed by atoms with Crippen LogP contribution in [-0.2, 0) is 29.0 Å². The zero-order valence-electron chi connectivity index (χ0n) is 19.8. The SMILES string of the molecule is CC(C)CNC(=O)[C@H](Cc1ccccc1)N(Cc1ccc(F)cc1)C(=O)Cc1ccc(Cl)c(Cl)c1. The van der Waals surface area contributed by atoms with Crippen LogP contribution < -0.4 is 5.32 Å². The summed E-state index contributed by atoms with van der Waals surface area (Å²) in [5.41, 5.74) is 2.35. The molecule has 0 aliphatic carbocycles. The first kappa shape index (κ1) is 26.7. The van der Waals surface area contributed by atoms with Crippen LogP contribution in [0.1, 0.15) is 30.5 Å². The normalized spacial score (nSPS) is 11.8. The second-order valence-electron chi connectivity index (χ2n) is 8.92. The largest absolute Gasteiger partial charge is 0.354 e. The van der Waals surface area contributed by atoms with Crippen molar-refractivity contribution >= 4 is 35.0 Å². The minimum atomic E-state index is -0.753. The number of amides is 2. The molecule has 0 unspecified atom stereocenters. The fraction of sp³-hybridized carbons (Fsp3) is 0.286. The molecule has 7 heteroatoms. The van der Waals surface area contributed by atoms with Crippen molar-refractivity contribution in [2.75, 3.05) is 6.54 Å². The number of carbonyl (C=O) groups is 2. The van der Waals surface area contributed by atoms with Gasteiger partial charge in [0.25, 0.3) is 0 Å². The van der Waals surface area contributed by atoms with Crippen molar-refractivity contribution in [3.63, 3.8) is 0 Å². The summed E-state index contributed by atoms with van der Waals surface area (Å²) >= 11 is 12.2. The summed E-state index contributed by atoms with van der Waals surface area (Å²) in [7, 11) is 0. The van der Waals surface area contributed by atoms with Crippen molar-refractivity contribution in [1.82, 2.24) is 10.2 Å². The van der Waals surface area contributed by atoms with Crippen molar-refractivity contribution in [2.24, 2.45) is 5.92 Å². The highest BCUT2D eigenvalue weighted by atomic mass is 35.5. The second-order valence-corrected chi connectivity index (χ2v) is 9.73. The molecule has 0 saturated heterocycles. The summed E-state index contributed by atoms with van der Waals surface area (Å²) < 4.78 is 13.5. The van der Waals surface area contributed by atoms with E-state index in [0.29, 0.717) is 28.6 Å². The van der Waals surface area contributed by atoms with Gasteiger partial charge in [0.2, 0.25) is 11.8 Å². The predicted molar refractivity (Wildman–Crippen MR) is 139 cm³/mol. The lowest BCUT2D eigenvalue weighted by molar-refractivity contribution is -0.140. The van der Waals surface area contributed by atoms with Gasteiger partial charge in [-0.2, -0.15) is 0 Å². The fourth-order valence-electron chi connectivity index (χ4n) is 3.69. The van der Waals surface area contributed by atoms with Gasteiger partial charge in [-0.15, -0.1) is 0 Å². The average molecular weight is 515 g/mol. The molecule has 0 fully saturated rings. The number of hydrogen-bond donors (Lipinski definition) is 1. The van der Waals surface area contributed by atoms with Crippen molar-refractivity contribution in [3.8, 4) is 0 Å². The average Bonchev–Trinajstić information content (AvgIpc) is 2.84. The highest BCUT2D eigenvalue weighted by Gasteiger charge is 2.30. The maximum atomic E-state index is 13.7. The van der Waals surface area contributed by atoms with Gasteiger partial charge in [0.15, 0.2) is 0 Å². The number of benzene rings is 3. The molecule has 35 heavy (non-hydrogen) atoms. The van der Waals surface area contributed by atoms with Crippen LogP contribution in [0.2, 0.25) is 10.0 Å². The number of nitrogens with zero attached hydrogens (tertiary/aromatic N) is 1. The number of nitrogens with one attached hydrogen (secondary N) is 1.